The molecular formula is C14H21NO. The number of rotatable bonds is 3. The van der Waals surface area contributed by atoms with Crippen molar-refractivity contribution in [3.63, 3.8) is 0 Å². The first-order valence-corrected chi connectivity index (χ1v) is 6.10. The lowest BCUT2D eigenvalue weighted by atomic mass is 9.96. The minimum atomic E-state index is -0.247. The van der Waals surface area contributed by atoms with Crippen molar-refractivity contribution in [1.29, 1.82) is 0 Å². The van der Waals surface area contributed by atoms with Crippen molar-refractivity contribution in [2.45, 2.75) is 31.8 Å². The number of hydrogen-bond donors (Lipinski definition) is 1. The molecule has 1 fully saturated rings. The Hall–Kier alpha value is -0.860. The molecule has 0 radical (unpaired) electrons. The second-order valence-corrected chi connectivity index (χ2v) is 5.04. The Morgan fingerprint density at radius 1 is 1.38 bits per heavy atom. The molecule has 1 heterocycles. The molecule has 0 amide bonds. The van der Waals surface area contributed by atoms with Crippen LogP contribution >= 0.6 is 0 Å². The molecule has 1 aliphatic rings. The Bertz CT molecular complexity index is 331. The normalized spacial score (nSPS) is 23.6. The number of nitrogens with zero attached hydrogens (tertiary/aromatic N) is 1. The molecule has 2 heteroatoms. The van der Waals surface area contributed by atoms with Crippen LogP contribution in [0.2, 0.25) is 0 Å². The lowest BCUT2D eigenvalue weighted by Crippen LogP contribution is -2.13. The van der Waals surface area contributed by atoms with E-state index in [4.69, 9.17) is 0 Å². The molecule has 2 nitrogen and oxygen atoms in total. The van der Waals surface area contributed by atoms with Gasteiger partial charge in [0.2, 0.25) is 0 Å². The van der Waals surface area contributed by atoms with Crippen LogP contribution in [0.15, 0.2) is 24.3 Å². The van der Waals surface area contributed by atoms with Gasteiger partial charge in [0.25, 0.3) is 0 Å². The summed E-state index contributed by atoms with van der Waals surface area (Å²) in [6.45, 7) is 4.22. The summed E-state index contributed by atoms with van der Waals surface area (Å²) in [7, 11) is 2.18. The van der Waals surface area contributed by atoms with E-state index in [1.54, 1.807) is 0 Å². The number of benzene rings is 1. The van der Waals surface area contributed by atoms with Crippen molar-refractivity contribution in [3.8, 4) is 0 Å². The molecule has 16 heavy (non-hydrogen) atoms. The maximum atomic E-state index is 9.31. The lowest BCUT2D eigenvalue weighted by Gasteiger charge is -2.12. The summed E-state index contributed by atoms with van der Waals surface area (Å²) in [4.78, 5) is 2.38. The maximum absolute atomic E-state index is 9.31. The number of hydrogen-bond acceptors (Lipinski definition) is 2. The van der Waals surface area contributed by atoms with E-state index in [2.05, 4.69) is 36.2 Å². The van der Waals surface area contributed by atoms with E-state index < -0.39 is 0 Å². The van der Waals surface area contributed by atoms with Gasteiger partial charge in [-0.1, -0.05) is 24.3 Å². The van der Waals surface area contributed by atoms with Gasteiger partial charge < -0.3 is 10.0 Å². The first-order chi connectivity index (χ1) is 7.65. The summed E-state index contributed by atoms with van der Waals surface area (Å²) in [5.41, 5.74) is 2.67. The summed E-state index contributed by atoms with van der Waals surface area (Å²) in [5.74, 6) is 0.700. The highest BCUT2D eigenvalue weighted by atomic mass is 16.3. The second-order valence-electron chi connectivity index (χ2n) is 5.04. The predicted molar refractivity (Wildman–Crippen MR) is 66.7 cm³/mol. The topological polar surface area (TPSA) is 23.5 Å². The highest BCUT2D eigenvalue weighted by Gasteiger charge is 2.20. The van der Waals surface area contributed by atoms with E-state index in [1.807, 2.05) is 6.92 Å². The van der Waals surface area contributed by atoms with Gasteiger partial charge in [-0.3, -0.25) is 0 Å². The summed E-state index contributed by atoms with van der Waals surface area (Å²) >= 11 is 0. The van der Waals surface area contributed by atoms with E-state index >= 15 is 0 Å². The van der Waals surface area contributed by atoms with Gasteiger partial charge in [0.1, 0.15) is 0 Å². The van der Waals surface area contributed by atoms with E-state index in [0.29, 0.717) is 5.92 Å². The Labute approximate surface area is 97.9 Å². The molecule has 1 aromatic carbocycles. The van der Waals surface area contributed by atoms with Crippen molar-refractivity contribution in [2.75, 3.05) is 20.1 Å². The van der Waals surface area contributed by atoms with Gasteiger partial charge in [0, 0.05) is 6.54 Å². The molecule has 2 unspecified atom stereocenters. The molecule has 0 spiro atoms. The number of aliphatic hydroxyl groups excluding tert-OH is 1. The molecular weight excluding hydrogens is 198 g/mol. The van der Waals surface area contributed by atoms with Gasteiger partial charge in [-0.25, -0.2) is 0 Å². The largest absolute Gasteiger partial charge is 0.393 e. The van der Waals surface area contributed by atoms with Crippen LogP contribution in [-0.4, -0.2) is 36.2 Å². The van der Waals surface area contributed by atoms with E-state index in [9.17, 15) is 5.11 Å². The van der Waals surface area contributed by atoms with E-state index in [1.165, 1.54) is 30.6 Å². The van der Waals surface area contributed by atoms with Gasteiger partial charge in [0.05, 0.1) is 6.10 Å². The Kier molecular flexibility index (Phi) is 3.62. The van der Waals surface area contributed by atoms with Gasteiger partial charge >= 0.3 is 0 Å². The number of aliphatic hydroxyl groups is 1. The zero-order valence-electron chi connectivity index (χ0n) is 10.2. The Morgan fingerprint density at radius 3 is 2.56 bits per heavy atom. The number of likely N-dealkylation sites (tertiary alicyclic amines) is 1. The molecule has 88 valence electrons. The zero-order valence-corrected chi connectivity index (χ0v) is 10.2. The fraction of sp³-hybridized carbons (Fsp3) is 0.571. The monoisotopic (exact) mass is 219 g/mol. The van der Waals surface area contributed by atoms with E-state index in [0.717, 1.165) is 6.42 Å². The summed E-state index contributed by atoms with van der Waals surface area (Å²) in [6.07, 6.45) is 1.78. The van der Waals surface area contributed by atoms with Crippen molar-refractivity contribution < 1.29 is 5.11 Å². The first kappa shape index (κ1) is 11.6. The molecule has 0 saturated carbocycles. The fourth-order valence-corrected chi connectivity index (χ4v) is 2.47. The third kappa shape index (κ3) is 2.83. The van der Waals surface area contributed by atoms with Crippen LogP contribution in [0.4, 0.5) is 0 Å². The van der Waals surface area contributed by atoms with Crippen molar-refractivity contribution >= 4 is 0 Å². The van der Waals surface area contributed by atoms with Gasteiger partial charge in [0.15, 0.2) is 0 Å². The third-order valence-electron chi connectivity index (χ3n) is 3.37. The molecule has 1 N–H and O–H groups in total. The average Bonchev–Trinajstić information content (AvgIpc) is 2.65. The minimum absolute atomic E-state index is 0.247. The highest BCUT2D eigenvalue weighted by Crippen LogP contribution is 2.26. The van der Waals surface area contributed by atoms with Crippen LogP contribution in [0.3, 0.4) is 0 Å². The Balaban J connectivity index is 2.02. The van der Waals surface area contributed by atoms with Gasteiger partial charge in [-0.15, -0.1) is 0 Å². The average molecular weight is 219 g/mol. The molecule has 1 aromatic rings. The van der Waals surface area contributed by atoms with Crippen LogP contribution in [0, 0.1) is 0 Å². The maximum Gasteiger partial charge on any atom is 0.0552 e. The lowest BCUT2D eigenvalue weighted by molar-refractivity contribution is 0.195. The van der Waals surface area contributed by atoms with Gasteiger partial charge in [-0.2, -0.15) is 0 Å². The quantitative estimate of drug-likeness (QED) is 0.841. The van der Waals surface area contributed by atoms with Crippen LogP contribution in [-0.2, 0) is 6.42 Å². The predicted octanol–water partition coefficient (Wildman–Crippen LogP) is 2.03. The molecule has 2 rings (SSSR count). The zero-order chi connectivity index (χ0) is 11.5. The molecule has 1 aliphatic heterocycles. The molecule has 0 aliphatic carbocycles. The summed E-state index contributed by atoms with van der Waals surface area (Å²) in [6, 6.07) is 8.75. The molecule has 2 atom stereocenters. The standard InChI is InChI=1S/C14H21NO/c1-11(16)9-12-3-5-13(6-4-12)14-7-8-15(2)10-14/h3-6,11,14,16H,7-10H2,1-2H3. The molecule has 0 bridgehead atoms. The van der Waals surface area contributed by atoms with Crippen LogP contribution < -0.4 is 0 Å². The highest BCUT2D eigenvalue weighted by molar-refractivity contribution is 5.26. The van der Waals surface area contributed by atoms with Crippen LogP contribution in [0.25, 0.3) is 0 Å². The van der Waals surface area contributed by atoms with E-state index in [-0.39, 0.29) is 6.10 Å². The first-order valence-electron chi connectivity index (χ1n) is 6.10. The number of likely N-dealkylation sites (N-methyl/N-ethyl adjacent to an activating group) is 1. The van der Waals surface area contributed by atoms with Crippen molar-refractivity contribution in [2.24, 2.45) is 0 Å². The molecule has 1 saturated heterocycles. The smallest absolute Gasteiger partial charge is 0.0552 e. The van der Waals surface area contributed by atoms with Crippen LogP contribution in [0.5, 0.6) is 0 Å². The minimum Gasteiger partial charge on any atom is -0.393 e. The Morgan fingerprint density at radius 2 is 2.06 bits per heavy atom. The van der Waals surface area contributed by atoms with Gasteiger partial charge in [-0.05, 0) is 50.4 Å². The molecule has 0 aromatic heterocycles. The third-order valence-corrected chi connectivity index (χ3v) is 3.37. The summed E-state index contributed by atoms with van der Waals surface area (Å²) in [5, 5.41) is 9.31. The summed E-state index contributed by atoms with van der Waals surface area (Å²) < 4.78 is 0. The van der Waals surface area contributed by atoms with Crippen LogP contribution in [0.1, 0.15) is 30.4 Å². The van der Waals surface area contributed by atoms with Crippen molar-refractivity contribution in [3.05, 3.63) is 35.4 Å². The SMILES string of the molecule is CC(O)Cc1ccc(C2CCN(C)C2)cc1. The second kappa shape index (κ2) is 4.98. The fourth-order valence-electron chi connectivity index (χ4n) is 2.47. The van der Waals surface area contributed by atoms with Crippen molar-refractivity contribution in [1.82, 2.24) is 4.90 Å².